The lowest BCUT2D eigenvalue weighted by atomic mass is 9.96. The van der Waals surface area contributed by atoms with Crippen LogP contribution in [0.3, 0.4) is 0 Å². The van der Waals surface area contributed by atoms with Gasteiger partial charge in [-0.2, -0.15) is 0 Å². The molecule has 0 radical (unpaired) electrons. The minimum absolute atomic E-state index is 0.0787. The van der Waals surface area contributed by atoms with Crippen LogP contribution >= 0.6 is 0 Å². The van der Waals surface area contributed by atoms with Crippen LogP contribution in [0.5, 0.6) is 5.75 Å². The van der Waals surface area contributed by atoms with Crippen molar-refractivity contribution in [2.75, 3.05) is 33.4 Å². The van der Waals surface area contributed by atoms with Crippen molar-refractivity contribution >= 4 is 6.03 Å². The van der Waals surface area contributed by atoms with Crippen LogP contribution in [-0.2, 0) is 10.2 Å². The first kappa shape index (κ1) is 15.8. The van der Waals surface area contributed by atoms with Crippen LogP contribution in [0.15, 0.2) is 24.3 Å². The minimum atomic E-state index is 0.0787. The minimum Gasteiger partial charge on any atom is -0.497 e. The Balaban J connectivity index is 1.37. The van der Waals surface area contributed by atoms with E-state index in [2.05, 4.69) is 17.4 Å². The van der Waals surface area contributed by atoms with Crippen molar-refractivity contribution in [3.05, 3.63) is 29.8 Å². The monoisotopic (exact) mass is 330 g/mol. The number of carbonyl (C=O) groups is 1. The Morgan fingerprint density at radius 2 is 2.08 bits per heavy atom. The topological polar surface area (TPSA) is 50.8 Å². The van der Waals surface area contributed by atoms with Gasteiger partial charge in [-0.3, -0.25) is 0 Å². The normalized spacial score (nSPS) is 25.2. The summed E-state index contributed by atoms with van der Waals surface area (Å²) >= 11 is 0. The molecule has 0 spiro atoms. The van der Waals surface area contributed by atoms with Crippen molar-refractivity contribution in [2.45, 2.75) is 37.1 Å². The van der Waals surface area contributed by atoms with Gasteiger partial charge >= 0.3 is 6.03 Å². The number of amides is 2. The van der Waals surface area contributed by atoms with Gasteiger partial charge in [0.05, 0.1) is 26.4 Å². The van der Waals surface area contributed by atoms with Crippen LogP contribution in [0.4, 0.5) is 4.79 Å². The smallest absolute Gasteiger partial charge is 0.317 e. The van der Waals surface area contributed by atoms with Crippen LogP contribution in [0, 0.1) is 5.92 Å². The summed E-state index contributed by atoms with van der Waals surface area (Å²) in [7, 11) is 1.68. The molecule has 1 aromatic carbocycles. The van der Waals surface area contributed by atoms with E-state index in [1.807, 2.05) is 17.0 Å². The molecule has 2 amide bonds. The highest BCUT2D eigenvalue weighted by Crippen LogP contribution is 2.48. The molecule has 2 aliphatic carbocycles. The third-order valence-corrected chi connectivity index (χ3v) is 5.73. The van der Waals surface area contributed by atoms with Gasteiger partial charge < -0.3 is 19.7 Å². The Bertz CT molecular complexity index is 593. The average Bonchev–Trinajstić information content (AvgIpc) is 3.54. The first-order chi connectivity index (χ1) is 11.7. The van der Waals surface area contributed by atoms with Crippen LogP contribution < -0.4 is 10.1 Å². The largest absolute Gasteiger partial charge is 0.497 e. The highest BCUT2D eigenvalue weighted by atomic mass is 16.5. The van der Waals surface area contributed by atoms with E-state index in [0.717, 1.165) is 18.6 Å². The number of hydrogen-bond acceptors (Lipinski definition) is 3. The number of benzene rings is 1. The first-order valence-corrected chi connectivity index (χ1v) is 8.99. The molecule has 24 heavy (non-hydrogen) atoms. The van der Waals surface area contributed by atoms with Gasteiger partial charge in [0.2, 0.25) is 0 Å². The maximum absolute atomic E-state index is 12.7. The maximum Gasteiger partial charge on any atom is 0.317 e. The Kier molecular flexibility index (Phi) is 4.12. The Morgan fingerprint density at radius 1 is 1.33 bits per heavy atom. The van der Waals surface area contributed by atoms with Gasteiger partial charge in [-0.15, -0.1) is 0 Å². The summed E-state index contributed by atoms with van der Waals surface area (Å²) in [4.78, 5) is 14.7. The van der Waals surface area contributed by atoms with E-state index in [1.165, 1.54) is 18.4 Å². The Morgan fingerprint density at radius 3 is 2.71 bits per heavy atom. The number of hydrogen-bond donors (Lipinski definition) is 1. The number of methoxy groups -OCH3 is 1. The van der Waals surface area contributed by atoms with E-state index in [9.17, 15) is 4.79 Å². The lowest BCUT2D eigenvalue weighted by Crippen LogP contribution is -2.54. The zero-order valence-electron chi connectivity index (χ0n) is 14.3. The second kappa shape index (κ2) is 6.28. The third-order valence-electron chi connectivity index (χ3n) is 5.73. The molecule has 5 heteroatoms. The number of ether oxygens (including phenoxy) is 2. The fourth-order valence-electron chi connectivity index (χ4n) is 3.76. The number of rotatable bonds is 5. The fraction of sp³-hybridized carbons (Fsp3) is 0.632. The zero-order chi connectivity index (χ0) is 16.6. The molecular formula is C19H26N2O3. The summed E-state index contributed by atoms with van der Waals surface area (Å²) in [5.74, 6) is 1.52. The molecule has 1 heterocycles. The molecule has 130 valence electrons. The van der Waals surface area contributed by atoms with E-state index < -0.39 is 0 Å². The average molecular weight is 330 g/mol. The molecule has 1 atom stereocenters. The number of morpholine rings is 1. The standard InChI is InChI=1S/C19H26N2O3/c1-23-16-6-4-15(5-7-16)19(8-9-19)13-20-18(22)21-10-11-24-12-17(21)14-2-3-14/h4-7,14,17H,2-3,8-13H2,1H3,(H,20,22)/t17-/m1/s1. The second-order valence-corrected chi connectivity index (χ2v) is 7.34. The highest BCUT2D eigenvalue weighted by molar-refractivity contribution is 5.75. The summed E-state index contributed by atoms with van der Waals surface area (Å²) in [6.07, 6.45) is 4.73. The molecule has 1 N–H and O–H groups in total. The van der Waals surface area contributed by atoms with Gasteiger partial charge in [0.25, 0.3) is 0 Å². The summed E-state index contributed by atoms with van der Waals surface area (Å²) in [5.41, 5.74) is 1.41. The van der Waals surface area contributed by atoms with E-state index in [-0.39, 0.29) is 17.5 Å². The Labute approximate surface area is 143 Å². The molecule has 3 fully saturated rings. The van der Waals surface area contributed by atoms with Crippen LogP contribution in [0.2, 0.25) is 0 Å². The molecule has 0 unspecified atom stereocenters. The second-order valence-electron chi connectivity index (χ2n) is 7.34. The molecule has 5 nitrogen and oxygen atoms in total. The predicted octanol–water partition coefficient (Wildman–Crippen LogP) is 2.55. The molecule has 4 rings (SSSR count). The zero-order valence-corrected chi connectivity index (χ0v) is 14.3. The van der Waals surface area contributed by atoms with Crippen LogP contribution in [-0.4, -0.2) is 50.4 Å². The molecule has 0 bridgehead atoms. The van der Waals surface area contributed by atoms with Gasteiger partial charge in [0.1, 0.15) is 5.75 Å². The Hall–Kier alpha value is -1.75. The molecule has 2 saturated carbocycles. The van der Waals surface area contributed by atoms with Crippen LogP contribution in [0.25, 0.3) is 0 Å². The van der Waals surface area contributed by atoms with Gasteiger partial charge in [0.15, 0.2) is 0 Å². The van der Waals surface area contributed by atoms with Gasteiger partial charge in [-0.05, 0) is 49.3 Å². The van der Waals surface area contributed by atoms with E-state index in [1.54, 1.807) is 7.11 Å². The van der Waals surface area contributed by atoms with Crippen molar-refractivity contribution in [1.29, 1.82) is 0 Å². The highest BCUT2D eigenvalue weighted by Gasteiger charge is 2.45. The van der Waals surface area contributed by atoms with Gasteiger partial charge in [-0.1, -0.05) is 12.1 Å². The number of nitrogens with zero attached hydrogens (tertiary/aromatic N) is 1. The quantitative estimate of drug-likeness (QED) is 0.903. The lowest BCUT2D eigenvalue weighted by Gasteiger charge is -2.36. The van der Waals surface area contributed by atoms with E-state index in [0.29, 0.717) is 32.2 Å². The van der Waals surface area contributed by atoms with Crippen molar-refractivity contribution in [2.24, 2.45) is 5.92 Å². The lowest BCUT2D eigenvalue weighted by molar-refractivity contribution is 0.00463. The fourth-order valence-corrected chi connectivity index (χ4v) is 3.76. The molecule has 3 aliphatic rings. The van der Waals surface area contributed by atoms with Crippen molar-refractivity contribution in [1.82, 2.24) is 10.2 Å². The molecule has 1 saturated heterocycles. The summed E-state index contributed by atoms with van der Waals surface area (Å²) in [6, 6.07) is 8.61. The maximum atomic E-state index is 12.7. The van der Waals surface area contributed by atoms with Crippen LogP contribution in [0.1, 0.15) is 31.2 Å². The molecule has 1 aliphatic heterocycles. The van der Waals surface area contributed by atoms with E-state index in [4.69, 9.17) is 9.47 Å². The molecule has 0 aromatic heterocycles. The van der Waals surface area contributed by atoms with Crippen molar-refractivity contribution in [3.8, 4) is 5.75 Å². The summed E-state index contributed by atoms with van der Waals surface area (Å²) in [5, 5.41) is 3.20. The third kappa shape index (κ3) is 3.09. The van der Waals surface area contributed by atoms with E-state index >= 15 is 0 Å². The summed E-state index contributed by atoms with van der Waals surface area (Å²) in [6.45, 7) is 2.78. The van der Waals surface area contributed by atoms with Gasteiger partial charge in [-0.25, -0.2) is 4.79 Å². The number of urea groups is 1. The van der Waals surface area contributed by atoms with Crippen molar-refractivity contribution in [3.63, 3.8) is 0 Å². The number of carbonyl (C=O) groups excluding carboxylic acids is 1. The molecular weight excluding hydrogens is 304 g/mol. The SMILES string of the molecule is COc1ccc(C2(CNC(=O)N3CCOC[C@@H]3C3CC3)CC2)cc1. The van der Waals surface area contributed by atoms with Crippen molar-refractivity contribution < 1.29 is 14.3 Å². The molecule has 1 aromatic rings. The summed E-state index contributed by atoms with van der Waals surface area (Å²) < 4.78 is 10.8. The number of nitrogens with one attached hydrogen (secondary N) is 1. The first-order valence-electron chi connectivity index (χ1n) is 8.99. The van der Waals surface area contributed by atoms with Gasteiger partial charge in [0, 0.05) is 18.5 Å². The predicted molar refractivity (Wildman–Crippen MR) is 91.3 cm³/mol.